The molecule has 0 fully saturated rings. The second-order valence-corrected chi connectivity index (χ2v) is 4.72. The van der Waals surface area contributed by atoms with Crippen LogP contribution in [0.15, 0.2) is 36.7 Å². The highest BCUT2D eigenvalue weighted by Crippen LogP contribution is 2.14. The molecule has 0 spiro atoms. The highest BCUT2D eigenvalue weighted by atomic mass is 16.3. The molecule has 1 aromatic heterocycles. The summed E-state index contributed by atoms with van der Waals surface area (Å²) < 4.78 is 2.21. The summed E-state index contributed by atoms with van der Waals surface area (Å²) in [7, 11) is 0. The first-order chi connectivity index (χ1) is 8.85. The minimum Gasteiger partial charge on any atom is -0.392 e. The highest BCUT2D eigenvalue weighted by molar-refractivity contribution is 5.22. The van der Waals surface area contributed by atoms with E-state index in [1.54, 1.807) is 0 Å². The van der Waals surface area contributed by atoms with Crippen molar-refractivity contribution in [3.63, 3.8) is 0 Å². The average Bonchev–Trinajstić information content (AvgIpc) is 2.87. The molecule has 0 radical (unpaired) electrons. The predicted molar refractivity (Wildman–Crippen MR) is 68.7 cm³/mol. The van der Waals surface area contributed by atoms with Crippen LogP contribution < -0.4 is 0 Å². The summed E-state index contributed by atoms with van der Waals surface area (Å²) in [6.07, 6.45) is 3.91. The van der Waals surface area contributed by atoms with Gasteiger partial charge in [-0.15, -0.1) is 0 Å². The predicted octanol–water partition coefficient (Wildman–Crippen LogP) is 1.39. The first-order valence-corrected chi connectivity index (χ1v) is 6.26. The lowest BCUT2D eigenvalue weighted by Gasteiger charge is -2.27. The van der Waals surface area contributed by atoms with E-state index in [9.17, 15) is 0 Å². The monoisotopic (exact) mass is 243 g/mol. The largest absolute Gasteiger partial charge is 0.392 e. The second-order valence-electron chi connectivity index (χ2n) is 4.72. The maximum absolute atomic E-state index is 9.01. The smallest absolute Gasteiger partial charge is 0.122 e. The van der Waals surface area contributed by atoms with Crippen LogP contribution in [0.1, 0.15) is 17.0 Å². The molecule has 1 aliphatic heterocycles. The number of fused-ring (bicyclic) bond motifs is 1. The molecule has 1 N–H and O–H groups in total. The van der Waals surface area contributed by atoms with E-state index in [0.717, 1.165) is 37.6 Å². The number of aliphatic hydroxyl groups is 1. The Kier molecular flexibility index (Phi) is 3.13. The third-order valence-electron chi connectivity index (χ3n) is 3.44. The molecule has 0 saturated carbocycles. The van der Waals surface area contributed by atoms with Gasteiger partial charge in [0.25, 0.3) is 0 Å². The Morgan fingerprint density at radius 1 is 1.11 bits per heavy atom. The summed E-state index contributed by atoms with van der Waals surface area (Å²) in [4.78, 5) is 6.76. The minimum absolute atomic E-state index is 0.113. The normalized spacial score (nSPS) is 15.6. The number of rotatable bonds is 3. The van der Waals surface area contributed by atoms with Gasteiger partial charge >= 0.3 is 0 Å². The molecule has 1 aromatic carbocycles. The molecule has 0 saturated heterocycles. The van der Waals surface area contributed by atoms with Crippen LogP contribution in [-0.4, -0.2) is 26.1 Å². The molecule has 0 unspecified atom stereocenters. The van der Waals surface area contributed by atoms with Crippen LogP contribution in [0.5, 0.6) is 0 Å². The lowest BCUT2D eigenvalue weighted by atomic mass is 10.1. The Labute approximate surface area is 107 Å². The molecule has 2 aromatic rings. The van der Waals surface area contributed by atoms with Crippen LogP contribution in [0.3, 0.4) is 0 Å². The molecule has 0 aliphatic carbocycles. The van der Waals surface area contributed by atoms with Gasteiger partial charge in [-0.1, -0.05) is 24.3 Å². The summed E-state index contributed by atoms with van der Waals surface area (Å²) in [6.45, 7) is 4.05. The molecule has 4 nitrogen and oxygen atoms in total. The number of hydrogen-bond donors (Lipinski definition) is 1. The van der Waals surface area contributed by atoms with Crippen molar-refractivity contribution < 1.29 is 5.11 Å². The van der Waals surface area contributed by atoms with E-state index in [-0.39, 0.29) is 6.61 Å². The fourth-order valence-electron chi connectivity index (χ4n) is 2.37. The van der Waals surface area contributed by atoms with Crippen molar-refractivity contribution in [1.29, 1.82) is 0 Å². The third-order valence-corrected chi connectivity index (χ3v) is 3.44. The molecular formula is C14H17N3O. The van der Waals surface area contributed by atoms with E-state index >= 15 is 0 Å². The van der Waals surface area contributed by atoms with Crippen molar-refractivity contribution in [2.24, 2.45) is 0 Å². The van der Waals surface area contributed by atoms with Gasteiger partial charge < -0.3 is 9.67 Å². The zero-order valence-electron chi connectivity index (χ0n) is 10.3. The number of benzene rings is 1. The van der Waals surface area contributed by atoms with E-state index in [4.69, 9.17) is 5.11 Å². The molecule has 4 heteroatoms. The molecule has 0 bridgehead atoms. The van der Waals surface area contributed by atoms with Gasteiger partial charge in [-0.25, -0.2) is 4.98 Å². The van der Waals surface area contributed by atoms with Gasteiger partial charge in [0.15, 0.2) is 0 Å². The number of hydrogen-bond acceptors (Lipinski definition) is 3. The van der Waals surface area contributed by atoms with Crippen LogP contribution in [0, 0.1) is 0 Å². The Bertz CT molecular complexity index is 518. The lowest BCUT2D eigenvalue weighted by Crippen LogP contribution is -2.33. The molecule has 2 heterocycles. The summed E-state index contributed by atoms with van der Waals surface area (Å²) in [6, 6.07) is 8.15. The Balaban J connectivity index is 1.67. The van der Waals surface area contributed by atoms with E-state index in [0.29, 0.717) is 0 Å². The number of aromatic nitrogens is 2. The van der Waals surface area contributed by atoms with Crippen molar-refractivity contribution in [2.75, 3.05) is 6.54 Å². The maximum Gasteiger partial charge on any atom is 0.122 e. The van der Waals surface area contributed by atoms with Crippen LogP contribution in [0.25, 0.3) is 0 Å². The first-order valence-electron chi connectivity index (χ1n) is 6.26. The quantitative estimate of drug-likeness (QED) is 0.885. The van der Waals surface area contributed by atoms with Crippen molar-refractivity contribution >= 4 is 0 Å². The van der Waals surface area contributed by atoms with Crippen molar-refractivity contribution in [1.82, 2.24) is 14.5 Å². The summed E-state index contributed by atoms with van der Waals surface area (Å²) in [5, 5.41) is 9.01. The summed E-state index contributed by atoms with van der Waals surface area (Å²) in [5.74, 6) is 1.15. The Morgan fingerprint density at radius 3 is 2.67 bits per heavy atom. The van der Waals surface area contributed by atoms with Crippen molar-refractivity contribution in [3.8, 4) is 0 Å². The topological polar surface area (TPSA) is 41.3 Å². The summed E-state index contributed by atoms with van der Waals surface area (Å²) >= 11 is 0. The SMILES string of the molecule is OCc1ccc(CN2CCn3ccnc3C2)cc1. The zero-order valence-corrected chi connectivity index (χ0v) is 10.3. The van der Waals surface area contributed by atoms with Crippen LogP contribution >= 0.6 is 0 Å². The summed E-state index contributed by atoms with van der Waals surface area (Å²) in [5.41, 5.74) is 2.25. The molecule has 3 rings (SSSR count). The van der Waals surface area contributed by atoms with Crippen LogP contribution in [0.4, 0.5) is 0 Å². The molecule has 0 amide bonds. The second kappa shape index (κ2) is 4.92. The van der Waals surface area contributed by atoms with Gasteiger partial charge in [-0.3, -0.25) is 4.90 Å². The van der Waals surface area contributed by atoms with E-state index < -0.39 is 0 Å². The number of nitrogens with zero attached hydrogens (tertiary/aromatic N) is 3. The van der Waals surface area contributed by atoms with Crippen LogP contribution in [-0.2, 0) is 26.2 Å². The first kappa shape index (κ1) is 11.4. The van der Waals surface area contributed by atoms with Gasteiger partial charge in [0.05, 0.1) is 13.2 Å². The zero-order chi connectivity index (χ0) is 12.4. The van der Waals surface area contributed by atoms with Gasteiger partial charge in [0.1, 0.15) is 5.82 Å². The molecular weight excluding hydrogens is 226 g/mol. The lowest BCUT2D eigenvalue weighted by molar-refractivity contribution is 0.209. The minimum atomic E-state index is 0.113. The third kappa shape index (κ3) is 2.30. The van der Waals surface area contributed by atoms with E-state index in [1.807, 2.05) is 24.5 Å². The van der Waals surface area contributed by atoms with Crippen LogP contribution in [0.2, 0.25) is 0 Å². The van der Waals surface area contributed by atoms with Crippen molar-refractivity contribution in [3.05, 3.63) is 53.6 Å². The fourth-order valence-corrected chi connectivity index (χ4v) is 2.37. The Hall–Kier alpha value is -1.65. The number of aliphatic hydroxyl groups excluding tert-OH is 1. The standard InChI is InChI=1S/C14H17N3O/c18-11-13-3-1-12(2-4-13)9-16-7-8-17-6-5-15-14(17)10-16/h1-6,18H,7-11H2. The highest BCUT2D eigenvalue weighted by Gasteiger charge is 2.16. The van der Waals surface area contributed by atoms with Crippen molar-refractivity contribution in [2.45, 2.75) is 26.2 Å². The van der Waals surface area contributed by atoms with E-state index in [2.05, 4.69) is 26.6 Å². The maximum atomic E-state index is 9.01. The Morgan fingerprint density at radius 2 is 1.89 bits per heavy atom. The molecule has 1 aliphatic rings. The molecule has 18 heavy (non-hydrogen) atoms. The molecule has 0 atom stereocenters. The molecule has 94 valence electrons. The van der Waals surface area contributed by atoms with Gasteiger partial charge in [0, 0.05) is 32.0 Å². The number of imidazole rings is 1. The van der Waals surface area contributed by atoms with Gasteiger partial charge in [0.2, 0.25) is 0 Å². The van der Waals surface area contributed by atoms with E-state index in [1.165, 1.54) is 5.56 Å². The average molecular weight is 243 g/mol. The fraction of sp³-hybridized carbons (Fsp3) is 0.357. The van der Waals surface area contributed by atoms with Gasteiger partial charge in [-0.05, 0) is 11.1 Å². The van der Waals surface area contributed by atoms with Gasteiger partial charge in [-0.2, -0.15) is 0 Å².